The Bertz CT molecular complexity index is 731. The average Bonchev–Trinajstić information content (AvgIpc) is 2.84. The molecule has 0 radical (unpaired) electrons. The third-order valence-corrected chi connectivity index (χ3v) is 3.54. The molecule has 0 aliphatic carbocycles. The number of para-hydroxylation sites is 1. The first kappa shape index (κ1) is 12.7. The van der Waals surface area contributed by atoms with Crippen LogP contribution >= 0.6 is 0 Å². The summed E-state index contributed by atoms with van der Waals surface area (Å²) in [6.07, 6.45) is 3.88. The van der Waals surface area contributed by atoms with Crippen molar-refractivity contribution in [3.63, 3.8) is 0 Å². The number of methoxy groups -OCH3 is 1. The maximum Gasteiger partial charge on any atom is 0.137 e. The first-order chi connectivity index (χ1) is 9.76. The van der Waals surface area contributed by atoms with Crippen molar-refractivity contribution in [1.82, 2.24) is 9.97 Å². The van der Waals surface area contributed by atoms with Gasteiger partial charge in [-0.05, 0) is 49.1 Å². The molecular formula is C17H18N2O. The van der Waals surface area contributed by atoms with Gasteiger partial charge in [-0.25, -0.2) is 4.98 Å². The van der Waals surface area contributed by atoms with Crippen LogP contribution in [0.5, 0.6) is 5.75 Å². The van der Waals surface area contributed by atoms with E-state index in [1.54, 1.807) is 7.11 Å². The summed E-state index contributed by atoms with van der Waals surface area (Å²) >= 11 is 0. The standard InChI is InChI=1S/C17H18N2O/c1-12-9-15-10-13(11-18-17(15)19-12)7-8-14-5-3-4-6-16(14)20-2/h3-6,9-11H,7-8H2,1-2H3,(H,18,19). The predicted molar refractivity (Wildman–Crippen MR) is 81.2 cm³/mol. The molecular weight excluding hydrogens is 248 g/mol. The van der Waals surface area contributed by atoms with Gasteiger partial charge in [-0.3, -0.25) is 0 Å². The molecule has 0 aliphatic heterocycles. The lowest BCUT2D eigenvalue weighted by atomic mass is 10.0. The van der Waals surface area contributed by atoms with Crippen molar-refractivity contribution in [3.8, 4) is 5.75 Å². The van der Waals surface area contributed by atoms with E-state index in [9.17, 15) is 0 Å². The molecule has 0 atom stereocenters. The first-order valence-corrected chi connectivity index (χ1v) is 6.82. The second-order valence-electron chi connectivity index (χ2n) is 5.05. The quantitative estimate of drug-likeness (QED) is 0.782. The Morgan fingerprint density at radius 2 is 2.00 bits per heavy atom. The molecule has 2 heterocycles. The van der Waals surface area contributed by atoms with Crippen LogP contribution in [0.15, 0.2) is 42.6 Å². The van der Waals surface area contributed by atoms with Gasteiger partial charge in [0, 0.05) is 17.3 Å². The van der Waals surface area contributed by atoms with Crippen LogP contribution in [-0.4, -0.2) is 17.1 Å². The minimum atomic E-state index is 0.957. The molecule has 0 unspecified atom stereocenters. The van der Waals surface area contributed by atoms with Gasteiger partial charge >= 0.3 is 0 Å². The fourth-order valence-electron chi connectivity index (χ4n) is 2.52. The molecule has 1 aromatic carbocycles. The lowest BCUT2D eigenvalue weighted by Gasteiger charge is -2.07. The van der Waals surface area contributed by atoms with Gasteiger partial charge in [0.05, 0.1) is 7.11 Å². The monoisotopic (exact) mass is 266 g/mol. The second-order valence-corrected chi connectivity index (χ2v) is 5.05. The normalized spacial score (nSPS) is 10.9. The maximum atomic E-state index is 5.39. The number of fused-ring (bicyclic) bond motifs is 1. The zero-order chi connectivity index (χ0) is 13.9. The highest BCUT2D eigenvalue weighted by molar-refractivity contribution is 5.76. The molecule has 0 fully saturated rings. The van der Waals surface area contributed by atoms with Crippen molar-refractivity contribution >= 4 is 11.0 Å². The molecule has 2 aromatic heterocycles. The van der Waals surface area contributed by atoms with E-state index >= 15 is 0 Å². The number of aromatic nitrogens is 2. The van der Waals surface area contributed by atoms with Crippen LogP contribution in [-0.2, 0) is 12.8 Å². The smallest absolute Gasteiger partial charge is 0.137 e. The number of hydrogen-bond acceptors (Lipinski definition) is 2. The van der Waals surface area contributed by atoms with Crippen LogP contribution < -0.4 is 4.74 Å². The van der Waals surface area contributed by atoms with E-state index in [2.05, 4.69) is 41.2 Å². The molecule has 20 heavy (non-hydrogen) atoms. The van der Waals surface area contributed by atoms with E-state index in [4.69, 9.17) is 4.74 Å². The molecule has 1 N–H and O–H groups in total. The summed E-state index contributed by atoms with van der Waals surface area (Å²) < 4.78 is 5.39. The Balaban J connectivity index is 1.79. The van der Waals surface area contributed by atoms with Crippen LogP contribution in [0.25, 0.3) is 11.0 Å². The Labute approximate surface area is 118 Å². The van der Waals surface area contributed by atoms with Gasteiger partial charge in [0.2, 0.25) is 0 Å². The summed E-state index contributed by atoms with van der Waals surface area (Å²) in [6, 6.07) is 12.5. The van der Waals surface area contributed by atoms with Crippen LogP contribution in [0.1, 0.15) is 16.8 Å². The number of ether oxygens (including phenoxy) is 1. The van der Waals surface area contributed by atoms with Crippen molar-refractivity contribution in [1.29, 1.82) is 0 Å². The van der Waals surface area contributed by atoms with Crippen LogP contribution in [0, 0.1) is 6.92 Å². The third-order valence-electron chi connectivity index (χ3n) is 3.54. The second kappa shape index (κ2) is 5.37. The van der Waals surface area contributed by atoms with E-state index in [1.165, 1.54) is 16.5 Å². The maximum absolute atomic E-state index is 5.39. The molecule has 102 valence electrons. The Kier molecular flexibility index (Phi) is 3.42. The van der Waals surface area contributed by atoms with Crippen molar-refractivity contribution in [2.24, 2.45) is 0 Å². The summed E-state index contributed by atoms with van der Waals surface area (Å²) in [5.41, 5.74) is 4.60. The van der Waals surface area contributed by atoms with Gasteiger partial charge in [-0.15, -0.1) is 0 Å². The van der Waals surface area contributed by atoms with Crippen LogP contribution in [0.4, 0.5) is 0 Å². The molecule has 0 aliphatic rings. The zero-order valence-corrected chi connectivity index (χ0v) is 11.8. The summed E-state index contributed by atoms with van der Waals surface area (Å²) in [7, 11) is 1.72. The highest BCUT2D eigenvalue weighted by Crippen LogP contribution is 2.20. The van der Waals surface area contributed by atoms with Crippen molar-refractivity contribution in [2.75, 3.05) is 7.11 Å². The minimum absolute atomic E-state index is 0.957. The van der Waals surface area contributed by atoms with E-state index < -0.39 is 0 Å². The summed E-state index contributed by atoms with van der Waals surface area (Å²) in [4.78, 5) is 7.72. The van der Waals surface area contributed by atoms with Gasteiger partial charge < -0.3 is 9.72 Å². The highest BCUT2D eigenvalue weighted by atomic mass is 16.5. The van der Waals surface area contributed by atoms with Gasteiger partial charge in [0.1, 0.15) is 11.4 Å². The number of aryl methyl sites for hydroxylation is 3. The molecule has 0 saturated heterocycles. The molecule has 0 bridgehead atoms. The Morgan fingerprint density at radius 1 is 1.15 bits per heavy atom. The van der Waals surface area contributed by atoms with Crippen molar-refractivity contribution in [3.05, 3.63) is 59.4 Å². The molecule has 3 rings (SSSR count). The van der Waals surface area contributed by atoms with Crippen LogP contribution in [0.2, 0.25) is 0 Å². The topological polar surface area (TPSA) is 37.9 Å². The lowest BCUT2D eigenvalue weighted by Crippen LogP contribution is -1.95. The highest BCUT2D eigenvalue weighted by Gasteiger charge is 2.04. The zero-order valence-electron chi connectivity index (χ0n) is 11.8. The number of benzene rings is 1. The van der Waals surface area contributed by atoms with Crippen LogP contribution in [0.3, 0.4) is 0 Å². The third kappa shape index (κ3) is 2.52. The lowest BCUT2D eigenvalue weighted by molar-refractivity contribution is 0.409. The SMILES string of the molecule is COc1ccccc1CCc1cnc2[nH]c(C)cc2c1. The van der Waals surface area contributed by atoms with Gasteiger partial charge in [-0.2, -0.15) is 0 Å². The number of rotatable bonds is 4. The molecule has 0 amide bonds. The van der Waals surface area contributed by atoms with Gasteiger partial charge in [0.15, 0.2) is 0 Å². The number of H-pyrrole nitrogens is 1. The van der Waals surface area contributed by atoms with Gasteiger partial charge in [0.25, 0.3) is 0 Å². The minimum Gasteiger partial charge on any atom is -0.496 e. The van der Waals surface area contributed by atoms with E-state index in [0.717, 1.165) is 29.9 Å². The van der Waals surface area contributed by atoms with E-state index in [-0.39, 0.29) is 0 Å². The Hall–Kier alpha value is -2.29. The number of pyridine rings is 1. The van der Waals surface area contributed by atoms with Crippen molar-refractivity contribution in [2.45, 2.75) is 19.8 Å². The van der Waals surface area contributed by atoms with Crippen molar-refractivity contribution < 1.29 is 4.74 Å². The largest absolute Gasteiger partial charge is 0.496 e. The number of nitrogens with zero attached hydrogens (tertiary/aromatic N) is 1. The molecule has 3 heteroatoms. The Morgan fingerprint density at radius 3 is 2.85 bits per heavy atom. The molecule has 0 saturated carbocycles. The molecule has 0 spiro atoms. The fourth-order valence-corrected chi connectivity index (χ4v) is 2.52. The number of hydrogen-bond donors (Lipinski definition) is 1. The molecule has 3 nitrogen and oxygen atoms in total. The first-order valence-electron chi connectivity index (χ1n) is 6.82. The predicted octanol–water partition coefficient (Wildman–Crippen LogP) is 3.67. The summed E-state index contributed by atoms with van der Waals surface area (Å²) in [6.45, 7) is 2.05. The van der Waals surface area contributed by atoms with E-state index in [1.807, 2.05) is 18.3 Å². The summed E-state index contributed by atoms with van der Waals surface area (Å²) in [5, 5.41) is 1.18. The number of aromatic amines is 1. The van der Waals surface area contributed by atoms with Gasteiger partial charge in [-0.1, -0.05) is 18.2 Å². The molecule has 3 aromatic rings. The van der Waals surface area contributed by atoms with E-state index in [0.29, 0.717) is 0 Å². The summed E-state index contributed by atoms with van der Waals surface area (Å²) in [5.74, 6) is 0.957. The number of nitrogens with one attached hydrogen (secondary N) is 1. The fraction of sp³-hybridized carbons (Fsp3) is 0.235. The average molecular weight is 266 g/mol.